The Morgan fingerprint density at radius 3 is 2.48 bits per heavy atom. The first-order valence-corrected chi connectivity index (χ1v) is 16.0. The first kappa shape index (κ1) is 33.6. The molecule has 0 aromatic heterocycles. The molecule has 0 bridgehead atoms. The number of nitrogens with one attached hydrogen (secondary N) is 3. The third-order valence-corrected chi connectivity index (χ3v) is 8.96. The van der Waals surface area contributed by atoms with Crippen molar-refractivity contribution in [2.75, 3.05) is 26.3 Å². The Balaban J connectivity index is 1.57. The molecule has 0 radical (unpaired) electrons. The number of hydrogen-bond donors (Lipinski definition) is 3. The van der Waals surface area contributed by atoms with E-state index in [0.717, 1.165) is 5.56 Å². The number of allylic oxidation sites excluding steroid dienone is 2. The standard InChI is InChI=1S/C34H50N4O6/c1-23(44-33(3,4)5)29(35-24(2)39)31(41)38-18-14-27-26(22-38)13-9-10-15-34(16-19-43-20-17-34)32(42)37-28(30(40)36-27)21-25-11-7-6-8-12-25/h6-12,23,26-29H,13-22H2,1-5H3,(H,35,39)(H,36,40)(H,37,42)/b10-9+/t23-,26+,27+,28-,29+/m1/s1. The second-order valence-corrected chi connectivity index (χ2v) is 13.6. The maximum atomic E-state index is 13.9. The molecular formula is C34H50N4O6. The molecule has 1 spiro atoms. The number of carbonyl (C=O) groups excluding carboxylic acids is 4. The number of fused-ring (bicyclic) bond motifs is 1. The van der Waals surface area contributed by atoms with Crippen LogP contribution in [0.15, 0.2) is 42.5 Å². The molecule has 4 amide bonds. The van der Waals surface area contributed by atoms with Crippen LogP contribution in [0.2, 0.25) is 0 Å². The Hall–Kier alpha value is -3.24. The van der Waals surface area contributed by atoms with E-state index in [4.69, 9.17) is 9.47 Å². The highest BCUT2D eigenvalue weighted by molar-refractivity contribution is 5.91. The third-order valence-electron chi connectivity index (χ3n) is 8.96. The van der Waals surface area contributed by atoms with Gasteiger partial charge < -0.3 is 30.3 Å². The molecule has 242 valence electrons. The number of rotatable bonds is 6. The zero-order valence-corrected chi connectivity index (χ0v) is 26.9. The summed E-state index contributed by atoms with van der Waals surface area (Å²) < 4.78 is 11.7. The second-order valence-electron chi connectivity index (χ2n) is 13.6. The topological polar surface area (TPSA) is 126 Å². The number of amides is 4. The first-order chi connectivity index (χ1) is 20.9. The quantitative estimate of drug-likeness (QED) is 0.426. The zero-order valence-electron chi connectivity index (χ0n) is 26.9. The molecule has 44 heavy (non-hydrogen) atoms. The van der Waals surface area contributed by atoms with Gasteiger partial charge in [0.1, 0.15) is 12.1 Å². The van der Waals surface area contributed by atoms with E-state index < -0.39 is 29.2 Å². The number of carbonyl (C=O) groups is 4. The van der Waals surface area contributed by atoms with Crippen LogP contribution in [0, 0.1) is 11.3 Å². The average molecular weight is 611 g/mol. The molecule has 0 unspecified atom stereocenters. The normalized spacial score (nSPS) is 26.6. The van der Waals surface area contributed by atoms with Crippen molar-refractivity contribution in [3.05, 3.63) is 48.0 Å². The van der Waals surface area contributed by atoms with Crippen molar-refractivity contribution in [2.24, 2.45) is 11.3 Å². The summed E-state index contributed by atoms with van der Waals surface area (Å²) >= 11 is 0. The summed E-state index contributed by atoms with van der Waals surface area (Å²) in [5.41, 5.74) is -0.153. The summed E-state index contributed by atoms with van der Waals surface area (Å²) in [7, 11) is 0. The van der Waals surface area contributed by atoms with Crippen LogP contribution in [0.3, 0.4) is 0 Å². The lowest BCUT2D eigenvalue weighted by atomic mass is 9.75. The van der Waals surface area contributed by atoms with Crippen molar-refractivity contribution in [2.45, 2.75) is 103 Å². The van der Waals surface area contributed by atoms with Crippen LogP contribution >= 0.6 is 0 Å². The summed E-state index contributed by atoms with van der Waals surface area (Å²) in [6.45, 7) is 10.8. The molecule has 0 aliphatic carbocycles. The lowest BCUT2D eigenvalue weighted by Gasteiger charge is -2.42. The van der Waals surface area contributed by atoms with Gasteiger partial charge in [0, 0.05) is 51.6 Å². The predicted octanol–water partition coefficient (Wildman–Crippen LogP) is 2.90. The van der Waals surface area contributed by atoms with Crippen LogP contribution in [0.5, 0.6) is 0 Å². The molecule has 2 saturated heterocycles. The Labute approximate surface area is 261 Å². The molecule has 3 N–H and O–H groups in total. The Kier molecular flexibility index (Phi) is 11.2. The molecule has 3 aliphatic rings. The lowest BCUT2D eigenvalue weighted by molar-refractivity contribution is -0.146. The first-order valence-electron chi connectivity index (χ1n) is 16.0. The molecule has 10 nitrogen and oxygen atoms in total. The molecule has 0 saturated carbocycles. The van der Waals surface area contributed by atoms with Gasteiger partial charge in [0.2, 0.25) is 23.6 Å². The molecule has 4 rings (SSSR count). The number of benzene rings is 1. The summed E-state index contributed by atoms with van der Waals surface area (Å²) in [4.78, 5) is 55.3. The zero-order chi connectivity index (χ0) is 31.9. The van der Waals surface area contributed by atoms with Crippen LogP contribution < -0.4 is 16.0 Å². The number of ether oxygens (including phenoxy) is 2. The van der Waals surface area contributed by atoms with Gasteiger partial charge in [0.15, 0.2) is 0 Å². The highest BCUT2D eigenvalue weighted by Crippen LogP contribution is 2.36. The maximum Gasteiger partial charge on any atom is 0.247 e. The molecule has 2 fully saturated rings. The van der Waals surface area contributed by atoms with Crippen LogP contribution in [-0.2, 0) is 35.1 Å². The van der Waals surface area contributed by atoms with Crippen molar-refractivity contribution < 1.29 is 28.7 Å². The third kappa shape index (κ3) is 8.91. The van der Waals surface area contributed by atoms with Gasteiger partial charge >= 0.3 is 0 Å². The van der Waals surface area contributed by atoms with Gasteiger partial charge in [0.05, 0.1) is 17.1 Å². The van der Waals surface area contributed by atoms with E-state index in [1.54, 1.807) is 4.90 Å². The van der Waals surface area contributed by atoms with Gasteiger partial charge in [-0.3, -0.25) is 19.2 Å². The van der Waals surface area contributed by atoms with E-state index in [2.05, 4.69) is 28.1 Å². The number of nitrogens with zero attached hydrogens (tertiary/aromatic N) is 1. The van der Waals surface area contributed by atoms with Crippen LogP contribution in [0.1, 0.15) is 72.3 Å². The van der Waals surface area contributed by atoms with Crippen molar-refractivity contribution in [1.29, 1.82) is 0 Å². The SMILES string of the molecule is CC(=O)N[C@H](C(=O)N1CC[C@@H]2NC(=O)[C@@H](Cc3ccccc3)NC(=O)C3(C/C=C/C[C@H]2C1)CCOCC3)[C@@H](C)OC(C)(C)C. The van der Waals surface area contributed by atoms with Crippen molar-refractivity contribution in [3.63, 3.8) is 0 Å². The Morgan fingerprint density at radius 2 is 1.82 bits per heavy atom. The fraction of sp³-hybridized carbons (Fsp3) is 0.647. The molecule has 10 heteroatoms. The number of hydrogen-bond acceptors (Lipinski definition) is 6. The van der Waals surface area contributed by atoms with Crippen molar-refractivity contribution in [1.82, 2.24) is 20.9 Å². The van der Waals surface area contributed by atoms with E-state index in [-0.39, 0.29) is 35.6 Å². The predicted molar refractivity (Wildman–Crippen MR) is 167 cm³/mol. The van der Waals surface area contributed by atoms with E-state index in [1.807, 2.05) is 58.0 Å². The van der Waals surface area contributed by atoms with E-state index in [0.29, 0.717) is 64.8 Å². The average Bonchev–Trinajstić information content (AvgIpc) is 2.97. The van der Waals surface area contributed by atoms with Crippen LogP contribution in [0.4, 0.5) is 0 Å². The molecule has 3 heterocycles. The minimum Gasteiger partial charge on any atom is -0.381 e. The van der Waals surface area contributed by atoms with E-state index in [9.17, 15) is 19.2 Å². The monoisotopic (exact) mass is 610 g/mol. The number of likely N-dealkylation sites (tertiary alicyclic amines) is 1. The molecule has 1 aromatic carbocycles. The molecular weight excluding hydrogens is 560 g/mol. The van der Waals surface area contributed by atoms with Crippen molar-refractivity contribution in [3.8, 4) is 0 Å². The molecule has 3 aliphatic heterocycles. The molecule has 5 atom stereocenters. The largest absolute Gasteiger partial charge is 0.381 e. The fourth-order valence-corrected chi connectivity index (χ4v) is 6.60. The van der Waals surface area contributed by atoms with E-state index in [1.165, 1.54) is 6.92 Å². The number of piperidine rings is 1. The summed E-state index contributed by atoms with van der Waals surface area (Å²) in [5.74, 6) is -0.839. The van der Waals surface area contributed by atoms with Gasteiger partial charge in [-0.1, -0.05) is 42.5 Å². The van der Waals surface area contributed by atoms with Gasteiger partial charge in [-0.25, -0.2) is 0 Å². The lowest BCUT2D eigenvalue weighted by Crippen LogP contribution is -2.61. The summed E-state index contributed by atoms with van der Waals surface area (Å²) in [6.07, 6.45) is 6.97. The highest BCUT2D eigenvalue weighted by Gasteiger charge is 2.42. The highest BCUT2D eigenvalue weighted by atomic mass is 16.5. The summed E-state index contributed by atoms with van der Waals surface area (Å²) in [5, 5.41) is 9.18. The smallest absolute Gasteiger partial charge is 0.247 e. The minimum atomic E-state index is -0.821. The van der Waals surface area contributed by atoms with Gasteiger partial charge in [0.25, 0.3) is 0 Å². The van der Waals surface area contributed by atoms with Gasteiger partial charge in [-0.2, -0.15) is 0 Å². The fourth-order valence-electron chi connectivity index (χ4n) is 6.60. The molecule has 1 aromatic rings. The van der Waals surface area contributed by atoms with E-state index >= 15 is 0 Å². The van der Waals surface area contributed by atoms with Crippen LogP contribution in [-0.4, -0.2) is 84.7 Å². The second kappa shape index (κ2) is 14.7. The van der Waals surface area contributed by atoms with Crippen molar-refractivity contribution >= 4 is 23.6 Å². The maximum absolute atomic E-state index is 13.9. The van der Waals surface area contributed by atoms with Crippen LogP contribution in [0.25, 0.3) is 0 Å². The Bertz CT molecular complexity index is 1190. The van der Waals surface area contributed by atoms with Gasteiger partial charge in [-0.05, 0) is 65.4 Å². The van der Waals surface area contributed by atoms with Gasteiger partial charge in [-0.15, -0.1) is 0 Å². The Morgan fingerprint density at radius 1 is 1.11 bits per heavy atom. The summed E-state index contributed by atoms with van der Waals surface area (Å²) in [6, 6.07) is 7.99. The minimum absolute atomic E-state index is 0.0390.